The van der Waals surface area contributed by atoms with Crippen LogP contribution in [0.3, 0.4) is 0 Å². The quantitative estimate of drug-likeness (QED) is 0.649. The molecule has 1 heterocycles. The summed E-state index contributed by atoms with van der Waals surface area (Å²) in [5.41, 5.74) is 0. The van der Waals surface area contributed by atoms with Crippen LogP contribution in [0.4, 0.5) is 13.2 Å². The van der Waals surface area contributed by atoms with E-state index in [1.807, 2.05) is 0 Å². The van der Waals surface area contributed by atoms with Gasteiger partial charge in [0.15, 0.2) is 9.84 Å². The number of rotatable bonds is 5. The van der Waals surface area contributed by atoms with Gasteiger partial charge in [-0.25, -0.2) is 13.1 Å². The van der Waals surface area contributed by atoms with Gasteiger partial charge in [0.25, 0.3) is 5.82 Å². The number of nitrogen functional groups attached to an aromatic ring is 1. The number of hydrogen-bond donors (Lipinski definition) is 1. The minimum atomic E-state index is -4.71. The molecule has 0 radical (unpaired) electrons. The average Bonchev–Trinajstić information content (AvgIpc) is 2.81. The van der Waals surface area contributed by atoms with Gasteiger partial charge in [0.1, 0.15) is 0 Å². The number of thioether (sulfide) groups is 1. The highest BCUT2D eigenvalue weighted by atomic mass is 32.2. The molecule has 11 heteroatoms. The maximum Gasteiger partial charge on any atom is 0.453 e. The summed E-state index contributed by atoms with van der Waals surface area (Å²) in [6.45, 7) is 0. The first-order valence-electron chi connectivity index (χ1n) is 5.90. The van der Waals surface area contributed by atoms with E-state index in [0.29, 0.717) is 4.68 Å². The van der Waals surface area contributed by atoms with Crippen LogP contribution in [0.5, 0.6) is 0 Å². The lowest BCUT2D eigenvalue weighted by molar-refractivity contribution is -0.146. The number of hydrogen-bond acceptors (Lipinski definition) is 6. The lowest BCUT2D eigenvalue weighted by Crippen LogP contribution is -2.21. The van der Waals surface area contributed by atoms with Gasteiger partial charge in [0, 0.05) is 5.75 Å². The van der Waals surface area contributed by atoms with Crippen LogP contribution in [0, 0.1) is 0 Å². The van der Waals surface area contributed by atoms with Crippen molar-refractivity contribution in [2.24, 2.45) is 0 Å². The Kier molecular flexibility index (Phi) is 4.66. The van der Waals surface area contributed by atoms with E-state index in [-0.39, 0.29) is 21.6 Å². The van der Waals surface area contributed by atoms with Gasteiger partial charge in [0.05, 0.1) is 10.6 Å². The normalized spacial score (nSPS) is 12.5. The van der Waals surface area contributed by atoms with Gasteiger partial charge < -0.3 is 5.84 Å². The van der Waals surface area contributed by atoms with Gasteiger partial charge in [-0.1, -0.05) is 30.0 Å². The van der Waals surface area contributed by atoms with Crippen LogP contribution < -0.4 is 5.84 Å². The second kappa shape index (κ2) is 6.16. The van der Waals surface area contributed by atoms with E-state index in [9.17, 15) is 21.6 Å². The van der Waals surface area contributed by atoms with Gasteiger partial charge in [-0.3, -0.25) is 0 Å². The summed E-state index contributed by atoms with van der Waals surface area (Å²) in [6, 6.07) is 7.77. The summed E-state index contributed by atoms with van der Waals surface area (Å²) in [5.74, 6) is 3.67. The van der Waals surface area contributed by atoms with Crippen molar-refractivity contribution in [2.45, 2.75) is 16.2 Å². The zero-order valence-electron chi connectivity index (χ0n) is 11.0. The van der Waals surface area contributed by atoms with Crippen LogP contribution in [-0.2, 0) is 16.0 Å². The van der Waals surface area contributed by atoms with Gasteiger partial charge in [-0.2, -0.15) is 13.2 Å². The van der Waals surface area contributed by atoms with E-state index in [0.717, 1.165) is 11.8 Å². The van der Waals surface area contributed by atoms with Crippen LogP contribution in [0.1, 0.15) is 5.82 Å². The Morgan fingerprint density at radius 1 is 1.18 bits per heavy atom. The summed E-state index contributed by atoms with van der Waals surface area (Å²) in [5, 5.41) is 6.07. The molecule has 0 aliphatic heterocycles. The Labute approximate surface area is 128 Å². The third-order valence-corrected chi connectivity index (χ3v) is 5.54. The standard InChI is InChI=1S/C11H11F3N4O2S2/c12-11(13,14)9-16-17-10(18(9)15)21-6-7-22(19,20)8-4-2-1-3-5-8/h1-5H,6-7,15H2. The fourth-order valence-corrected chi connectivity index (χ4v) is 4.08. The van der Waals surface area contributed by atoms with Crippen molar-refractivity contribution in [2.75, 3.05) is 17.3 Å². The molecule has 2 rings (SSSR count). The highest BCUT2D eigenvalue weighted by Gasteiger charge is 2.38. The Balaban J connectivity index is 2.02. The molecule has 0 saturated carbocycles. The molecule has 6 nitrogen and oxygen atoms in total. The molecule has 0 aliphatic carbocycles. The highest BCUT2D eigenvalue weighted by Crippen LogP contribution is 2.29. The Hall–Kier alpha value is -1.75. The minimum Gasteiger partial charge on any atom is -0.335 e. The fourth-order valence-electron chi connectivity index (χ4n) is 1.56. The summed E-state index contributed by atoms with van der Waals surface area (Å²) in [4.78, 5) is 0.154. The van der Waals surface area contributed by atoms with Crippen LogP contribution in [0.2, 0.25) is 0 Å². The summed E-state index contributed by atoms with van der Waals surface area (Å²) >= 11 is 0.791. The predicted octanol–water partition coefficient (Wildman–Crippen LogP) is 1.58. The molecule has 0 spiro atoms. The zero-order valence-corrected chi connectivity index (χ0v) is 12.6. The Morgan fingerprint density at radius 3 is 2.36 bits per heavy atom. The molecule has 1 aromatic heterocycles. The molecule has 0 bridgehead atoms. The molecule has 0 aliphatic rings. The molecule has 0 unspecified atom stereocenters. The van der Waals surface area contributed by atoms with E-state index in [2.05, 4.69) is 10.2 Å². The average molecular weight is 352 g/mol. The lowest BCUT2D eigenvalue weighted by atomic mass is 10.4. The topological polar surface area (TPSA) is 90.9 Å². The van der Waals surface area contributed by atoms with E-state index in [4.69, 9.17) is 5.84 Å². The molecular weight excluding hydrogens is 341 g/mol. The number of nitrogens with zero attached hydrogens (tertiary/aromatic N) is 3. The van der Waals surface area contributed by atoms with Gasteiger partial charge in [0.2, 0.25) is 5.16 Å². The lowest BCUT2D eigenvalue weighted by Gasteiger charge is -2.06. The first-order valence-corrected chi connectivity index (χ1v) is 8.54. The van der Waals surface area contributed by atoms with Crippen molar-refractivity contribution < 1.29 is 21.6 Å². The Bertz CT molecular complexity index is 744. The number of nitrogens with two attached hydrogens (primary N) is 1. The number of halogens is 3. The van der Waals surface area contributed by atoms with Crippen LogP contribution in [-0.4, -0.2) is 34.8 Å². The van der Waals surface area contributed by atoms with Crippen molar-refractivity contribution in [1.29, 1.82) is 0 Å². The summed E-state index contributed by atoms with van der Waals surface area (Å²) in [6.07, 6.45) is -4.71. The summed E-state index contributed by atoms with van der Waals surface area (Å²) < 4.78 is 61.8. The number of sulfone groups is 1. The van der Waals surface area contributed by atoms with Crippen LogP contribution in [0.25, 0.3) is 0 Å². The van der Waals surface area contributed by atoms with E-state index in [1.54, 1.807) is 18.2 Å². The second-order valence-corrected chi connectivity index (χ2v) is 7.33. The molecule has 0 atom stereocenters. The van der Waals surface area contributed by atoms with Crippen molar-refractivity contribution in [1.82, 2.24) is 14.9 Å². The smallest absolute Gasteiger partial charge is 0.335 e. The van der Waals surface area contributed by atoms with Crippen molar-refractivity contribution in [3.8, 4) is 0 Å². The number of benzene rings is 1. The molecule has 120 valence electrons. The second-order valence-electron chi connectivity index (χ2n) is 4.15. The van der Waals surface area contributed by atoms with E-state index in [1.165, 1.54) is 12.1 Å². The molecule has 1 aromatic carbocycles. The monoisotopic (exact) mass is 352 g/mol. The molecule has 0 amide bonds. The summed E-state index contributed by atoms with van der Waals surface area (Å²) in [7, 11) is -3.51. The first kappa shape index (κ1) is 16.6. The van der Waals surface area contributed by atoms with Gasteiger partial charge >= 0.3 is 6.18 Å². The van der Waals surface area contributed by atoms with Crippen molar-refractivity contribution in [3.63, 3.8) is 0 Å². The maximum absolute atomic E-state index is 12.5. The van der Waals surface area contributed by atoms with E-state index >= 15 is 0 Å². The van der Waals surface area contributed by atoms with Crippen molar-refractivity contribution in [3.05, 3.63) is 36.2 Å². The zero-order chi connectivity index (χ0) is 16.4. The van der Waals surface area contributed by atoms with Gasteiger partial charge in [-0.05, 0) is 12.1 Å². The molecular formula is C11H11F3N4O2S2. The van der Waals surface area contributed by atoms with Crippen LogP contribution in [0.15, 0.2) is 40.4 Å². The predicted molar refractivity (Wildman–Crippen MR) is 74.4 cm³/mol. The Morgan fingerprint density at radius 2 is 1.82 bits per heavy atom. The third kappa shape index (κ3) is 3.71. The number of aromatic nitrogens is 3. The largest absolute Gasteiger partial charge is 0.453 e. The number of alkyl halides is 3. The first-order chi connectivity index (χ1) is 10.2. The van der Waals surface area contributed by atoms with Crippen molar-refractivity contribution >= 4 is 21.6 Å². The van der Waals surface area contributed by atoms with Crippen LogP contribution >= 0.6 is 11.8 Å². The molecule has 22 heavy (non-hydrogen) atoms. The maximum atomic E-state index is 12.5. The fraction of sp³-hybridized carbons (Fsp3) is 0.273. The van der Waals surface area contributed by atoms with E-state index < -0.39 is 21.8 Å². The van der Waals surface area contributed by atoms with Gasteiger partial charge in [-0.15, -0.1) is 10.2 Å². The molecule has 0 fully saturated rings. The molecule has 0 saturated heterocycles. The minimum absolute atomic E-state index is 0.00438. The molecule has 2 aromatic rings. The SMILES string of the molecule is Nn1c(SCCS(=O)(=O)c2ccccc2)nnc1C(F)(F)F. The third-order valence-electron chi connectivity index (χ3n) is 2.60. The molecule has 2 N–H and O–H groups in total. The highest BCUT2D eigenvalue weighted by molar-refractivity contribution is 8.00.